The Kier molecular flexibility index (Phi) is 8.06. The molecule has 178 valence electrons. The van der Waals surface area contributed by atoms with Gasteiger partial charge >= 0.3 is 0 Å². The van der Waals surface area contributed by atoms with Gasteiger partial charge in [-0.2, -0.15) is 0 Å². The first-order chi connectivity index (χ1) is 15.7. The van der Waals surface area contributed by atoms with Crippen molar-refractivity contribution in [2.24, 2.45) is 17.8 Å². The summed E-state index contributed by atoms with van der Waals surface area (Å²) in [5.74, 6) is -1.14. The van der Waals surface area contributed by atoms with Gasteiger partial charge in [0, 0.05) is 26.1 Å². The Morgan fingerprint density at radius 3 is 2.24 bits per heavy atom. The summed E-state index contributed by atoms with van der Waals surface area (Å²) < 4.78 is 0. The van der Waals surface area contributed by atoms with Gasteiger partial charge in [0.25, 0.3) is 0 Å². The van der Waals surface area contributed by atoms with Crippen molar-refractivity contribution < 1.29 is 19.2 Å². The van der Waals surface area contributed by atoms with Crippen molar-refractivity contribution in [1.82, 2.24) is 15.1 Å². The lowest BCUT2D eigenvalue weighted by atomic mass is 9.85. The predicted octanol–water partition coefficient (Wildman–Crippen LogP) is 2.83. The molecule has 1 N–H and O–H groups in total. The lowest BCUT2D eigenvalue weighted by Crippen LogP contribution is -2.49. The molecule has 1 aliphatic heterocycles. The zero-order valence-corrected chi connectivity index (χ0v) is 20.0. The number of amides is 4. The second kappa shape index (κ2) is 10.8. The average Bonchev–Trinajstić information content (AvgIpc) is 3.04. The Morgan fingerprint density at radius 1 is 1.06 bits per heavy atom. The van der Waals surface area contributed by atoms with Crippen molar-refractivity contribution in [2.75, 3.05) is 13.1 Å². The first-order valence-corrected chi connectivity index (χ1v) is 11.8. The Balaban J connectivity index is 1.71. The smallest absolute Gasteiger partial charge is 0.242 e. The van der Waals surface area contributed by atoms with E-state index in [-0.39, 0.29) is 48.4 Å². The van der Waals surface area contributed by atoms with Gasteiger partial charge in [0.2, 0.25) is 23.6 Å². The van der Waals surface area contributed by atoms with E-state index in [1.165, 1.54) is 4.90 Å². The number of nitrogens with one attached hydrogen (secondary N) is 1. The summed E-state index contributed by atoms with van der Waals surface area (Å²) >= 11 is 0. The largest absolute Gasteiger partial charge is 0.354 e. The number of benzene rings is 1. The van der Waals surface area contributed by atoms with E-state index in [1.54, 1.807) is 11.8 Å². The van der Waals surface area contributed by atoms with Crippen molar-refractivity contribution in [2.45, 2.75) is 59.5 Å². The Hall–Kier alpha value is -2.96. The third kappa shape index (κ3) is 5.70. The lowest BCUT2D eigenvalue weighted by molar-refractivity contribution is -0.143. The van der Waals surface area contributed by atoms with Crippen LogP contribution in [0.5, 0.6) is 0 Å². The van der Waals surface area contributed by atoms with Gasteiger partial charge in [-0.25, -0.2) is 0 Å². The van der Waals surface area contributed by atoms with Crippen LogP contribution < -0.4 is 5.32 Å². The average molecular weight is 454 g/mol. The van der Waals surface area contributed by atoms with Crippen LogP contribution in [0.2, 0.25) is 0 Å². The Morgan fingerprint density at radius 2 is 1.67 bits per heavy atom. The molecule has 33 heavy (non-hydrogen) atoms. The van der Waals surface area contributed by atoms with E-state index in [9.17, 15) is 19.2 Å². The second-order valence-corrected chi connectivity index (χ2v) is 9.50. The lowest BCUT2D eigenvalue weighted by Gasteiger charge is -2.30. The number of hydrogen-bond acceptors (Lipinski definition) is 4. The van der Waals surface area contributed by atoms with Crippen LogP contribution in [0.1, 0.15) is 51.2 Å². The van der Waals surface area contributed by atoms with Crippen molar-refractivity contribution in [1.29, 1.82) is 0 Å². The van der Waals surface area contributed by atoms with Gasteiger partial charge in [-0.05, 0) is 43.7 Å². The predicted molar refractivity (Wildman–Crippen MR) is 126 cm³/mol. The van der Waals surface area contributed by atoms with E-state index in [2.05, 4.69) is 5.32 Å². The number of nitrogens with zero attached hydrogens (tertiary/aromatic N) is 2. The number of allylic oxidation sites excluding steroid dienone is 2. The molecule has 1 aromatic rings. The number of carbonyl (C=O) groups is 4. The standard InChI is InChI=1S/C26H35N3O4/c1-17(2)15-27-24(31)19(4)29(16-20-10-6-5-9-18(20)3)23(30)13-14-28-25(32)21-11-7-8-12-22(21)26(28)33/h5-10,17,19,21-22H,11-16H2,1-4H3,(H,27,31)/t19?,21-,22+. The van der Waals surface area contributed by atoms with Gasteiger partial charge in [-0.1, -0.05) is 50.3 Å². The van der Waals surface area contributed by atoms with Gasteiger partial charge in [0.1, 0.15) is 6.04 Å². The molecule has 0 bridgehead atoms. The molecule has 1 aromatic carbocycles. The molecule has 7 heteroatoms. The first-order valence-electron chi connectivity index (χ1n) is 11.8. The third-order valence-corrected chi connectivity index (χ3v) is 6.60. The van der Waals surface area contributed by atoms with Crippen molar-refractivity contribution in [3.63, 3.8) is 0 Å². The fraction of sp³-hybridized carbons (Fsp3) is 0.538. The number of likely N-dealkylation sites (tertiary alicyclic amines) is 1. The molecular weight excluding hydrogens is 418 g/mol. The molecule has 3 atom stereocenters. The highest BCUT2D eigenvalue weighted by atomic mass is 16.2. The zero-order valence-electron chi connectivity index (χ0n) is 20.0. The molecule has 0 radical (unpaired) electrons. The Bertz CT molecular complexity index is 913. The van der Waals surface area contributed by atoms with E-state index in [0.29, 0.717) is 31.8 Å². The number of hydrogen-bond donors (Lipinski definition) is 1. The van der Waals surface area contributed by atoms with Crippen LogP contribution in [-0.2, 0) is 25.7 Å². The summed E-state index contributed by atoms with van der Waals surface area (Å²) in [6.07, 6.45) is 5.04. The molecule has 0 spiro atoms. The van der Waals surface area contributed by atoms with Gasteiger partial charge in [0.05, 0.1) is 11.8 Å². The summed E-state index contributed by atoms with van der Waals surface area (Å²) in [6, 6.07) is 7.08. The number of fused-ring (bicyclic) bond motifs is 1. The van der Waals surface area contributed by atoms with E-state index < -0.39 is 6.04 Å². The summed E-state index contributed by atoms with van der Waals surface area (Å²) in [6.45, 7) is 8.59. The summed E-state index contributed by atoms with van der Waals surface area (Å²) in [4.78, 5) is 54.4. The van der Waals surface area contributed by atoms with Crippen LogP contribution in [0.3, 0.4) is 0 Å². The molecule has 0 aromatic heterocycles. The minimum absolute atomic E-state index is 0.00195. The van der Waals surface area contributed by atoms with Gasteiger partial charge in [-0.15, -0.1) is 0 Å². The van der Waals surface area contributed by atoms with E-state index >= 15 is 0 Å². The number of aryl methyl sites for hydroxylation is 1. The fourth-order valence-electron chi connectivity index (χ4n) is 4.45. The van der Waals surface area contributed by atoms with Crippen molar-refractivity contribution in [3.05, 3.63) is 47.5 Å². The number of carbonyl (C=O) groups excluding carboxylic acids is 4. The number of imide groups is 1. The fourth-order valence-corrected chi connectivity index (χ4v) is 4.45. The van der Waals surface area contributed by atoms with Crippen molar-refractivity contribution >= 4 is 23.6 Å². The topological polar surface area (TPSA) is 86.8 Å². The molecule has 0 saturated carbocycles. The maximum Gasteiger partial charge on any atom is 0.242 e. The van der Waals surface area contributed by atoms with Gasteiger partial charge < -0.3 is 10.2 Å². The van der Waals surface area contributed by atoms with E-state index in [1.807, 2.05) is 57.2 Å². The number of rotatable bonds is 9. The molecule has 1 heterocycles. The van der Waals surface area contributed by atoms with E-state index in [0.717, 1.165) is 11.1 Å². The first kappa shape index (κ1) is 24.7. The summed E-state index contributed by atoms with van der Waals surface area (Å²) in [5, 5.41) is 2.90. The van der Waals surface area contributed by atoms with Crippen LogP contribution in [0, 0.1) is 24.7 Å². The quantitative estimate of drug-likeness (QED) is 0.460. The molecule has 1 unspecified atom stereocenters. The normalized spacial score (nSPS) is 20.7. The highest BCUT2D eigenvalue weighted by Crippen LogP contribution is 2.35. The van der Waals surface area contributed by atoms with Crippen LogP contribution in [0.4, 0.5) is 0 Å². The van der Waals surface area contributed by atoms with Crippen LogP contribution in [0.15, 0.2) is 36.4 Å². The zero-order chi connectivity index (χ0) is 24.1. The van der Waals surface area contributed by atoms with Crippen LogP contribution in [-0.4, -0.2) is 52.6 Å². The molecular formula is C26H35N3O4. The molecule has 2 aliphatic rings. The second-order valence-electron chi connectivity index (χ2n) is 9.50. The third-order valence-electron chi connectivity index (χ3n) is 6.60. The summed E-state index contributed by atoms with van der Waals surface area (Å²) in [5.41, 5.74) is 1.99. The maximum atomic E-state index is 13.3. The van der Waals surface area contributed by atoms with Crippen LogP contribution in [0.25, 0.3) is 0 Å². The SMILES string of the molecule is Cc1ccccc1CN(C(=O)CCN1C(=O)[C@H]2CC=CC[C@H]2C1=O)C(C)C(=O)NCC(C)C. The molecule has 4 amide bonds. The maximum absolute atomic E-state index is 13.3. The summed E-state index contributed by atoms with van der Waals surface area (Å²) in [7, 11) is 0. The molecule has 1 saturated heterocycles. The van der Waals surface area contributed by atoms with E-state index in [4.69, 9.17) is 0 Å². The minimum Gasteiger partial charge on any atom is -0.354 e. The highest BCUT2D eigenvalue weighted by Gasteiger charge is 2.47. The van der Waals surface area contributed by atoms with Crippen molar-refractivity contribution in [3.8, 4) is 0 Å². The van der Waals surface area contributed by atoms with Gasteiger partial charge in [-0.3, -0.25) is 24.1 Å². The minimum atomic E-state index is -0.674. The molecule has 1 fully saturated rings. The molecule has 3 rings (SSSR count). The van der Waals surface area contributed by atoms with Crippen LogP contribution >= 0.6 is 0 Å². The highest BCUT2D eigenvalue weighted by molar-refractivity contribution is 6.05. The molecule has 7 nitrogen and oxygen atoms in total. The Labute approximate surface area is 196 Å². The molecule has 1 aliphatic carbocycles. The van der Waals surface area contributed by atoms with Gasteiger partial charge in [0.15, 0.2) is 0 Å². The monoisotopic (exact) mass is 453 g/mol.